The highest BCUT2D eigenvalue weighted by Gasteiger charge is 2.02. The number of ether oxygens (including phenoxy) is 2. The average molecular weight is 236 g/mol. The molecule has 1 rings (SSSR count). The van der Waals surface area contributed by atoms with Crippen LogP contribution >= 0.6 is 0 Å². The first-order valence-corrected chi connectivity index (χ1v) is 5.28. The molecule has 0 aliphatic carbocycles. The Morgan fingerprint density at radius 1 is 1.35 bits per heavy atom. The first-order chi connectivity index (χ1) is 8.22. The maximum Gasteiger partial charge on any atom is 0.407 e. The molecule has 0 saturated heterocycles. The lowest BCUT2D eigenvalue weighted by molar-refractivity contribution is 0.140. The zero-order chi connectivity index (χ0) is 12.5. The fourth-order valence-corrected chi connectivity index (χ4v) is 1.15. The van der Waals surface area contributed by atoms with Gasteiger partial charge in [-0.1, -0.05) is 30.3 Å². The Bertz CT molecular complexity index is 365. The van der Waals surface area contributed by atoms with Gasteiger partial charge < -0.3 is 14.8 Å². The number of rotatable bonds is 5. The van der Waals surface area contributed by atoms with Crippen LogP contribution in [0.4, 0.5) is 4.79 Å². The molecule has 0 heterocycles. The zero-order valence-corrected chi connectivity index (χ0v) is 9.73. The van der Waals surface area contributed by atoms with Crippen molar-refractivity contribution in [1.82, 2.24) is 5.32 Å². The second-order valence-electron chi connectivity index (χ2n) is 3.37. The number of hydrogen-bond acceptors (Lipinski definition) is 4. The van der Waals surface area contributed by atoms with Crippen molar-refractivity contribution in [2.45, 2.75) is 13.0 Å². The second-order valence-corrected chi connectivity index (χ2v) is 3.37. The third kappa shape index (κ3) is 5.55. The van der Waals surface area contributed by atoms with Crippen LogP contribution in [0.3, 0.4) is 0 Å². The van der Waals surface area contributed by atoms with Gasteiger partial charge in [0.25, 0.3) is 0 Å². The van der Waals surface area contributed by atoms with E-state index in [1.165, 1.54) is 7.11 Å². The molecule has 0 aliphatic heterocycles. The molecule has 0 atom stereocenters. The van der Waals surface area contributed by atoms with Crippen molar-refractivity contribution in [2.75, 3.05) is 13.7 Å². The van der Waals surface area contributed by atoms with Crippen molar-refractivity contribution >= 4 is 12.0 Å². The van der Waals surface area contributed by atoms with E-state index in [0.29, 0.717) is 13.0 Å². The number of benzene rings is 1. The summed E-state index contributed by atoms with van der Waals surface area (Å²) >= 11 is 0. The Kier molecular flexibility index (Phi) is 5.57. The Balaban J connectivity index is 2.16. The van der Waals surface area contributed by atoms with E-state index in [0.717, 1.165) is 5.56 Å². The van der Waals surface area contributed by atoms with Gasteiger partial charge >= 0.3 is 6.09 Å². The van der Waals surface area contributed by atoms with Crippen molar-refractivity contribution in [1.29, 1.82) is 5.41 Å². The number of nitrogens with one attached hydrogen (secondary N) is 2. The minimum Gasteiger partial charge on any atom is -0.484 e. The smallest absolute Gasteiger partial charge is 0.407 e. The van der Waals surface area contributed by atoms with Crippen molar-refractivity contribution < 1.29 is 14.3 Å². The Morgan fingerprint density at radius 2 is 2.06 bits per heavy atom. The molecule has 5 heteroatoms. The highest BCUT2D eigenvalue weighted by molar-refractivity contribution is 5.73. The molecule has 1 aromatic rings. The van der Waals surface area contributed by atoms with E-state index in [4.69, 9.17) is 10.1 Å². The van der Waals surface area contributed by atoms with Crippen LogP contribution in [0, 0.1) is 5.41 Å². The van der Waals surface area contributed by atoms with Gasteiger partial charge in [0, 0.05) is 13.0 Å². The van der Waals surface area contributed by atoms with Gasteiger partial charge in [-0.05, 0) is 5.56 Å². The zero-order valence-electron chi connectivity index (χ0n) is 9.73. The lowest BCUT2D eigenvalue weighted by Gasteiger charge is -2.07. The quantitative estimate of drug-likeness (QED) is 0.606. The third-order valence-corrected chi connectivity index (χ3v) is 2.08. The number of methoxy groups -OCH3 is 1. The van der Waals surface area contributed by atoms with Crippen molar-refractivity contribution in [3.63, 3.8) is 0 Å². The van der Waals surface area contributed by atoms with Gasteiger partial charge in [-0.15, -0.1) is 0 Å². The molecule has 0 aromatic heterocycles. The summed E-state index contributed by atoms with van der Waals surface area (Å²) < 4.78 is 9.63. The Morgan fingerprint density at radius 3 is 2.71 bits per heavy atom. The molecule has 0 bridgehead atoms. The molecule has 0 saturated carbocycles. The third-order valence-electron chi connectivity index (χ3n) is 2.08. The summed E-state index contributed by atoms with van der Waals surface area (Å²) in [6, 6.07) is 9.44. The molecule has 0 spiro atoms. The summed E-state index contributed by atoms with van der Waals surface area (Å²) in [4.78, 5) is 11.2. The molecule has 0 aliphatic rings. The van der Waals surface area contributed by atoms with Crippen LogP contribution in [0.1, 0.15) is 12.0 Å². The van der Waals surface area contributed by atoms with Crippen LogP contribution in [-0.2, 0) is 16.1 Å². The molecular weight excluding hydrogens is 220 g/mol. The van der Waals surface area contributed by atoms with Crippen LogP contribution in [-0.4, -0.2) is 25.6 Å². The minimum atomic E-state index is -0.488. The van der Waals surface area contributed by atoms with E-state index < -0.39 is 6.09 Å². The first kappa shape index (κ1) is 13.0. The number of alkyl carbamates (subject to hydrolysis) is 1. The average Bonchev–Trinajstić information content (AvgIpc) is 2.37. The lowest BCUT2D eigenvalue weighted by atomic mass is 10.2. The van der Waals surface area contributed by atoms with Gasteiger partial charge in [-0.25, -0.2) is 4.79 Å². The van der Waals surface area contributed by atoms with Crippen LogP contribution < -0.4 is 5.32 Å². The summed E-state index contributed by atoms with van der Waals surface area (Å²) in [5.41, 5.74) is 0.937. The summed E-state index contributed by atoms with van der Waals surface area (Å²) in [5.74, 6) is 0.133. The van der Waals surface area contributed by atoms with E-state index >= 15 is 0 Å². The van der Waals surface area contributed by atoms with E-state index in [9.17, 15) is 4.79 Å². The highest BCUT2D eigenvalue weighted by Crippen LogP contribution is 2.00. The molecular formula is C12H16N2O3. The van der Waals surface area contributed by atoms with Gasteiger partial charge in [0.15, 0.2) is 5.90 Å². The summed E-state index contributed by atoms with van der Waals surface area (Å²) in [6.07, 6.45) is -0.130. The second kappa shape index (κ2) is 7.27. The van der Waals surface area contributed by atoms with Gasteiger partial charge in [-0.2, -0.15) is 0 Å². The SMILES string of the molecule is COC(=N)CCNC(=O)OCc1ccccc1. The lowest BCUT2D eigenvalue weighted by Crippen LogP contribution is -2.26. The van der Waals surface area contributed by atoms with E-state index in [2.05, 4.69) is 10.1 Å². The Hall–Kier alpha value is -2.04. The maximum absolute atomic E-state index is 11.2. The van der Waals surface area contributed by atoms with Crippen LogP contribution in [0.25, 0.3) is 0 Å². The topological polar surface area (TPSA) is 71.4 Å². The first-order valence-electron chi connectivity index (χ1n) is 5.28. The molecule has 5 nitrogen and oxygen atoms in total. The molecule has 1 amide bonds. The molecule has 0 fully saturated rings. The Labute approximate surface area is 100 Å². The van der Waals surface area contributed by atoms with Gasteiger partial charge in [0.2, 0.25) is 0 Å². The van der Waals surface area contributed by atoms with Crippen molar-refractivity contribution in [2.24, 2.45) is 0 Å². The fraction of sp³-hybridized carbons (Fsp3) is 0.333. The van der Waals surface area contributed by atoms with Gasteiger partial charge in [-0.3, -0.25) is 5.41 Å². The summed E-state index contributed by atoms with van der Waals surface area (Å²) in [6.45, 7) is 0.578. The van der Waals surface area contributed by atoms with Crippen LogP contribution in [0.5, 0.6) is 0 Å². The normalized spacial score (nSPS) is 9.47. The van der Waals surface area contributed by atoms with Gasteiger partial charge in [0.1, 0.15) is 6.61 Å². The van der Waals surface area contributed by atoms with Crippen LogP contribution in [0.15, 0.2) is 30.3 Å². The predicted octanol–water partition coefficient (Wildman–Crippen LogP) is 1.93. The van der Waals surface area contributed by atoms with Crippen molar-refractivity contribution in [3.8, 4) is 0 Å². The number of amides is 1. The van der Waals surface area contributed by atoms with E-state index in [1.807, 2.05) is 30.3 Å². The van der Waals surface area contributed by atoms with Crippen molar-refractivity contribution in [3.05, 3.63) is 35.9 Å². The summed E-state index contributed by atoms with van der Waals surface area (Å²) in [5, 5.41) is 9.74. The minimum absolute atomic E-state index is 0.133. The molecule has 0 radical (unpaired) electrons. The molecule has 92 valence electrons. The predicted molar refractivity (Wildman–Crippen MR) is 64.0 cm³/mol. The fourth-order valence-electron chi connectivity index (χ4n) is 1.15. The van der Waals surface area contributed by atoms with Gasteiger partial charge in [0.05, 0.1) is 7.11 Å². The summed E-state index contributed by atoms with van der Waals surface area (Å²) in [7, 11) is 1.43. The maximum atomic E-state index is 11.2. The standard InChI is InChI=1S/C12H16N2O3/c1-16-11(13)7-8-14-12(15)17-9-10-5-3-2-4-6-10/h2-6,13H,7-9H2,1H3,(H,14,15). The monoisotopic (exact) mass is 236 g/mol. The van der Waals surface area contributed by atoms with E-state index in [-0.39, 0.29) is 12.5 Å². The molecule has 0 unspecified atom stereocenters. The number of carbonyl (C=O) groups excluding carboxylic acids is 1. The number of carbonyl (C=O) groups is 1. The highest BCUT2D eigenvalue weighted by atomic mass is 16.5. The molecule has 17 heavy (non-hydrogen) atoms. The van der Waals surface area contributed by atoms with E-state index in [1.54, 1.807) is 0 Å². The molecule has 2 N–H and O–H groups in total. The molecule has 1 aromatic carbocycles. The largest absolute Gasteiger partial charge is 0.484 e. The van der Waals surface area contributed by atoms with Crippen LogP contribution in [0.2, 0.25) is 0 Å². The number of hydrogen-bond donors (Lipinski definition) is 2.